The number of benzene rings is 2. The van der Waals surface area contributed by atoms with E-state index in [1.807, 2.05) is 61.5 Å². The summed E-state index contributed by atoms with van der Waals surface area (Å²) in [6.45, 7) is 2.10. The molecule has 0 aliphatic carbocycles. The molecule has 2 aromatic carbocycles. The van der Waals surface area contributed by atoms with E-state index < -0.39 is 5.69 Å². The third kappa shape index (κ3) is 4.01. The van der Waals surface area contributed by atoms with Gasteiger partial charge in [0.05, 0.1) is 0 Å². The molecule has 0 aliphatic rings. The van der Waals surface area contributed by atoms with Crippen LogP contribution in [0.5, 0.6) is 11.6 Å². The predicted molar refractivity (Wildman–Crippen MR) is 107 cm³/mol. The quantitative estimate of drug-likeness (QED) is 0.546. The molecule has 0 saturated carbocycles. The first-order chi connectivity index (χ1) is 14.1. The molecule has 2 aromatic heterocycles. The van der Waals surface area contributed by atoms with Crippen LogP contribution in [0.1, 0.15) is 11.1 Å². The molecule has 2 heterocycles. The lowest BCUT2D eigenvalue weighted by Gasteiger charge is -2.07. The zero-order valence-corrected chi connectivity index (χ0v) is 15.8. The van der Waals surface area contributed by atoms with Crippen LogP contribution in [-0.4, -0.2) is 25.1 Å². The second-order valence-electron chi connectivity index (χ2n) is 6.50. The monoisotopic (exact) mass is 389 g/mol. The number of carbonyl (C=O) groups is 1. The van der Waals surface area contributed by atoms with Crippen molar-refractivity contribution in [3.8, 4) is 11.6 Å². The lowest BCUT2D eigenvalue weighted by Crippen LogP contribution is -2.32. The first-order valence-corrected chi connectivity index (χ1v) is 9.10. The van der Waals surface area contributed by atoms with Gasteiger partial charge in [-0.15, -0.1) is 5.10 Å². The van der Waals surface area contributed by atoms with Gasteiger partial charge in [0, 0.05) is 18.9 Å². The highest BCUT2D eigenvalue weighted by molar-refractivity contribution is 5.75. The number of para-hydroxylation sites is 1. The Kier molecular flexibility index (Phi) is 5.07. The summed E-state index contributed by atoms with van der Waals surface area (Å²) in [6.07, 6.45) is 2.96. The van der Waals surface area contributed by atoms with Crippen LogP contribution in [0.2, 0.25) is 0 Å². The van der Waals surface area contributed by atoms with Gasteiger partial charge in [-0.2, -0.15) is 0 Å². The highest BCUT2D eigenvalue weighted by Crippen LogP contribution is 2.24. The van der Waals surface area contributed by atoms with Crippen LogP contribution in [0.4, 0.5) is 0 Å². The summed E-state index contributed by atoms with van der Waals surface area (Å²) in [4.78, 5) is 29.1. The van der Waals surface area contributed by atoms with Crippen molar-refractivity contribution in [3.05, 3.63) is 88.6 Å². The maximum absolute atomic E-state index is 12.6. The van der Waals surface area contributed by atoms with Crippen molar-refractivity contribution in [1.82, 2.24) is 24.5 Å². The molecule has 29 heavy (non-hydrogen) atoms. The fourth-order valence-electron chi connectivity index (χ4n) is 2.86. The number of nitrogens with one attached hydrogen (secondary N) is 1. The van der Waals surface area contributed by atoms with Crippen molar-refractivity contribution >= 4 is 11.6 Å². The summed E-state index contributed by atoms with van der Waals surface area (Å²) in [5.41, 5.74) is 1.71. The Bertz CT molecular complexity index is 1210. The molecule has 1 N–H and O–H groups in total. The molecular weight excluding hydrogens is 370 g/mol. The largest absolute Gasteiger partial charge is 0.436 e. The van der Waals surface area contributed by atoms with Gasteiger partial charge in [-0.05, 0) is 24.1 Å². The average Bonchev–Trinajstić information content (AvgIpc) is 3.05. The highest BCUT2D eigenvalue weighted by atomic mass is 16.5. The Morgan fingerprint density at radius 2 is 1.86 bits per heavy atom. The van der Waals surface area contributed by atoms with Crippen LogP contribution in [0.3, 0.4) is 0 Å². The topological polar surface area (TPSA) is 90.5 Å². The normalized spacial score (nSPS) is 10.8. The van der Waals surface area contributed by atoms with Crippen LogP contribution >= 0.6 is 0 Å². The highest BCUT2D eigenvalue weighted by Gasteiger charge is 2.16. The maximum Gasteiger partial charge on any atom is 0.351 e. The first-order valence-electron chi connectivity index (χ1n) is 9.10. The Hall–Kier alpha value is -3.94. The summed E-state index contributed by atoms with van der Waals surface area (Å²) in [5.74, 6) is 0.506. The van der Waals surface area contributed by atoms with Crippen LogP contribution in [0.15, 0.2) is 71.8 Å². The van der Waals surface area contributed by atoms with Crippen LogP contribution < -0.4 is 15.7 Å². The van der Waals surface area contributed by atoms with Gasteiger partial charge in [0.15, 0.2) is 0 Å². The van der Waals surface area contributed by atoms with Gasteiger partial charge in [-0.3, -0.25) is 4.79 Å². The van der Waals surface area contributed by atoms with E-state index in [0.717, 1.165) is 15.8 Å². The summed E-state index contributed by atoms with van der Waals surface area (Å²) >= 11 is 0. The standard InChI is InChI=1S/C21H19N5O3/c1-15-7-5-6-10-17(15)29-20-19-24-26(21(28)25(19)12-11-22-20)14-18(27)23-13-16-8-3-2-4-9-16/h2-12H,13-14H2,1H3,(H,23,27). The van der Waals surface area contributed by atoms with Crippen molar-refractivity contribution in [3.63, 3.8) is 0 Å². The van der Waals surface area contributed by atoms with Gasteiger partial charge in [-0.25, -0.2) is 18.9 Å². The average molecular weight is 389 g/mol. The van der Waals surface area contributed by atoms with Crippen molar-refractivity contribution in [2.45, 2.75) is 20.0 Å². The van der Waals surface area contributed by atoms with Crippen molar-refractivity contribution in [1.29, 1.82) is 0 Å². The molecule has 4 aromatic rings. The third-order valence-electron chi connectivity index (χ3n) is 4.40. The third-order valence-corrected chi connectivity index (χ3v) is 4.40. The Morgan fingerprint density at radius 3 is 2.66 bits per heavy atom. The van der Waals surface area contributed by atoms with Crippen LogP contribution in [0.25, 0.3) is 5.65 Å². The number of amides is 1. The molecule has 0 saturated heterocycles. The zero-order chi connectivity index (χ0) is 20.2. The second kappa shape index (κ2) is 7.97. The molecule has 8 heteroatoms. The molecule has 1 amide bonds. The number of hydrogen-bond acceptors (Lipinski definition) is 5. The number of aromatic nitrogens is 4. The molecule has 0 bridgehead atoms. The van der Waals surface area contributed by atoms with Gasteiger partial charge in [0.1, 0.15) is 12.3 Å². The van der Waals surface area contributed by atoms with E-state index in [1.54, 1.807) is 0 Å². The molecule has 146 valence electrons. The maximum atomic E-state index is 12.6. The Morgan fingerprint density at radius 1 is 1.10 bits per heavy atom. The van der Waals surface area contributed by atoms with Crippen LogP contribution in [0, 0.1) is 6.92 Å². The molecule has 8 nitrogen and oxygen atoms in total. The number of aryl methyl sites for hydroxylation is 1. The zero-order valence-electron chi connectivity index (χ0n) is 15.8. The lowest BCUT2D eigenvalue weighted by atomic mass is 10.2. The molecule has 4 rings (SSSR count). The number of ether oxygens (including phenoxy) is 1. The van der Waals surface area contributed by atoms with Gasteiger partial charge in [0.2, 0.25) is 11.6 Å². The first kappa shape index (κ1) is 18.4. The van der Waals surface area contributed by atoms with E-state index in [9.17, 15) is 9.59 Å². The number of carbonyl (C=O) groups excluding carboxylic acids is 1. The van der Waals surface area contributed by atoms with Gasteiger partial charge < -0.3 is 10.1 Å². The number of fused-ring (bicyclic) bond motifs is 1. The molecule has 0 spiro atoms. The van der Waals surface area contributed by atoms with Gasteiger partial charge >= 0.3 is 5.69 Å². The summed E-state index contributed by atoms with van der Waals surface area (Å²) in [7, 11) is 0. The van der Waals surface area contributed by atoms with Gasteiger partial charge in [0.25, 0.3) is 5.88 Å². The fourth-order valence-corrected chi connectivity index (χ4v) is 2.86. The minimum atomic E-state index is -0.438. The number of rotatable bonds is 6. The summed E-state index contributed by atoms with van der Waals surface area (Å²) in [5, 5.41) is 7.04. The minimum absolute atomic E-state index is 0.197. The molecule has 0 atom stereocenters. The van der Waals surface area contributed by atoms with Crippen LogP contribution in [-0.2, 0) is 17.9 Å². The van der Waals surface area contributed by atoms with E-state index in [0.29, 0.717) is 12.3 Å². The summed E-state index contributed by atoms with van der Waals surface area (Å²) in [6, 6.07) is 17.0. The van der Waals surface area contributed by atoms with Crippen molar-refractivity contribution < 1.29 is 9.53 Å². The smallest absolute Gasteiger partial charge is 0.351 e. The van der Waals surface area contributed by atoms with E-state index in [2.05, 4.69) is 15.4 Å². The van der Waals surface area contributed by atoms with E-state index in [1.165, 1.54) is 16.8 Å². The molecule has 0 radical (unpaired) electrons. The number of hydrogen-bond donors (Lipinski definition) is 1. The molecular formula is C21H19N5O3. The summed E-state index contributed by atoms with van der Waals surface area (Å²) < 4.78 is 8.26. The molecule has 0 fully saturated rings. The molecule has 0 unspecified atom stereocenters. The predicted octanol–water partition coefficient (Wildman–Crippen LogP) is 2.31. The van der Waals surface area contributed by atoms with Crippen molar-refractivity contribution in [2.24, 2.45) is 0 Å². The number of nitrogens with zero attached hydrogens (tertiary/aromatic N) is 4. The lowest BCUT2D eigenvalue weighted by molar-refractivity contribution is -0.122. The van der Waals surface area contributed by atoms with E-state index >= 15 is 0 Å². The minimum Gasteiger partial charge on any atom is -0.436 e. The fraction of sp³-hybridized carbons (Fsp3) is 0.143. The second-order valence-corrected chi connectivity index (χ2v) is 6.50. The van der Waals surface area contributed by atoms with E-state index in [4.69, 9.17) is 4.74 Å². The SMILES string of the molecule is Cc1ccccc1Oc1nccn2c(=O)n(CC(=O)NCc3ccccc3)nc12. The Labute approximate surface area is 166 Å². The molecule has 0 aliphatic heterocycles. The van der Waals surface area contributed by atoms with Crippen molar-refractivity contribution in [2.75, 3.05) is 0 Å². The van der Waals surface area contributed by atoms with E-state index in [-0.39, 0.29) is 24.0 Å². The van der Waals surface area contributed by atoms with Gasteiger partial charge in [-0.1, -0.05) is 48.5 Å². The Balaban J connectivity index is 1.55.